The molecule has 0 saturated heterocycles. The van der Waals surface area contributed by atoms with E-state index in [1.807, 2.05) is 12.1 Å². The van der Waals surface area contributed by atoms with Crippen LogP contribution in [0.3, 0.4) is 0 Å². The molecule has 6 nitrogen and oxygen atoms in total. The first-order chi connectivity index (χ1) is 12.0. The smallest absolute Gasteiger partial charge is 0.315 e. The Morgan fingerprint density at radius 2 is 2.12 bits per heavy atom. The number of halogens is 2. The Bertz CT molecular complexity index is 752. The molecule has 1 heterocycles. The van der Waals surface area contributed by atoms with E-state index in [9.17, 15) is 9.59 Å². The lowest BCUT2D eigenvalue weighted by Gasteiger charge is -2.10. The molecule has 1 N–H and O–H groups in total. The number of rotatable bonds is 8. The Morgan fingerprint density at radius 3 is 2.88 bits per heavy atom. The normalized spacial score (nSPS) is 10.5. The van der Waals surface area contributed by atoms with Gasteiger partial charge in [-0.3, -0.25) is 9.59 Å². The molecule has 1 amide bonds. The summed E-state index contributed by atoms with van der Waals surface area (Å²) in [5.41, 5.74) is 0.807. The minimum atomic E-state index is -0.304. The number of esters is 1. The quantitative estimate of drug-likeness (QED) is 0.541. The fourth-order valence-electron chi connectivity index (χ4n) is 1.98. The number of carbonyl (C=O) groups excluding carboxylic acids is 2. The van der Waals surface area contributed by atoms with Crippen molar-refractivity contribution in [2.75, 3.05) is 23.9 Å². The largest absolute Gasteiger partial charge is 0.468 e. The highest BCUT2D eigenvalue weighted by Gasteiger charge is 2.11. The molecule has 1 aromatic carbocycles. The summed E-state index contributed by atoms with van der Waals surface area (Å²) in [7, 11) is 1.34. The molecule has 9 heteroatoms. The number of carbonyl (C=O) groups is 2. The number of hydrogen-bond donors (Lipinski definition) is 1. The lowest BCUT2D eigenvalue weighted by atomic mass is 10.2. The van der Waals surface area contributed by atoms with E-state index in [4.69, 9.17) is 23.2 Å². The van der Waals surface area contributed by atoms with Gasteiger partial charge in [-0.05, 0) is 11.6 Å². The van der Waals surface area contributed by atoms with Crippen LogP contribution in [0.4, 0.5) is 5.82 Å². The van der Waals surface area contributed by atoms with E-state index in [1.165, 1.54) is 18.9 Å². The van der Waals surface area contributed by atoms with Crippen LogP contribution in [0, 0.1) is 0 Å². The number of aromatic nitrogens is 2. The molecule has 0 aliphatic rings. The molecule has 0 saturated carbocycles. The van der Waals surface area contributed by atoms with E-state index in [1.54, 1.807) is 23.0 Å². The number of ether oxygens (including phenoxy) is 1. The minimum absolute atomic E-state index is 0.156. The number of nitrogens with one attached hydrogen (secondary N) is 1. The zero-order chi connectivity index (χ0) is 18.2. The monoisotopic (exact) mass is 401 g/mol. The molecule has 0 unspecified atom stereocenters. The molecule has 1 aromatic heterocycles. The predicted molar refractivity (Wildman–Crippen MR) is 100 cm³/mol. The number of anilines is 1. The van der Waals surface area contributed by atoms with E-state index in [0.717, 1.165) is 5.56 Å². The number of methoxy groups -OCH3 is 1. The van der Waals surface area contributed by atoms with Gasteiger partial charge in [0, 0.05) is 18.2 Å². The third-order valence-electron chi connectivity index (χ3n) is 3.26. The van der Waals surface area contributed by atoms with Crippen molar-refractivity contribution < 1.29 is 14.3 Å². The van der Waals surface area contributed by atoms with Crippen molar-refractivity contribution in [1.29, 1.82) is 0 Å². The second-order valence-corrected chi connectivity index (χ2v) is 6.90. The van der Waals surface area contributed by atoms with Crippen LogP contribution in [-0.2, 0) is 20.9 Å². The number of hydrogen-bond acceptors (Lipinski definition) is 5. The Balaban J connectivity index is 1.89. The summed E-state index contributed by atoms with van der Waals surface area (Å²) in [6.07, 6.45) is 1.88. The number of benzene rings is 1. The van der Waals surface area contributed by atoms with Crippen molar-refractivity contribution in [2.24, 2.45) is 0 Å². The standard InChI is InChI=1S/C16H17Cl2N3O3S/c1-24-15(23)10-25-8-6-14(22)20-13-5-7-19-21(13)9-11-3-2-4-12(17)16(11)18/h2-5,7H,6,8-10H2,1H3,(H,20,22). The van der Waals surface area contributed by atoms with Crippen LogP contribution in [0.15, 0.2) is 30.5 Å². The van der Waals surface area contributed by atoms with Gasteiger partial charge in [-0.25, -0.2) is 4.68 Å². The molecule has 25 heavy (non-hydrogen) atoms. The predicted octanol–water partition coefficient (Wildman–Crippen LogP) is 3.47. The van der Waals surface area contributed by atoms with Crippen LogP contribution in [0.25, 0.3) is 0 Å². The molecule has 134 valence electrons. The molecule has 2 rings (SSSR count). The van der Waals surface area contributed by atoms with Crippen LogP contribution in [0.2, 0.25) is 10.0 Å². The maximum Gasteiger partial charge on any atom is 0.315 e. The fourth-order valence-corrected chi connectivity index (χ4v) is 3.12. The lowest BCUT2D eigenvalue weighted by molar-refractivity contribution is -0.137. The van der Waals surface area contributed by atoms with Crippen LogP contribution in [0.5, 0.6) is 0 Å². The van der Waals surface area contributed by atoms with Crippen molar-refractivity contribution >= 4 is 52.7 Å². The van der Waals surface area contributed by atoms with E-state index >= 15 is 0 Å². The summed E-state index contributed by atoms with van der Waals surface area (Å²) in [6, 6.07) is 7.08. The van der Waals surface area contributed by atoms with Gasteiger partial charge >= 0.3 is 5.97 Å². The van der Waals surface area contributed by atoms with Gasteiger partial charge in [-0.1, -0.05) is 35.3 Å². The second-order valence-electron chi connectivity index (χ2n) is 5.01. The zero-order valence-electron chi connectivity index (χ0n) is 13.5. The Kier molecular flexibility index (Phi) is 7.61. The van der Waals surface area contributed by atoms with Gasteiger partial charge in [0.25, 0.3) is 0 Å². The lowest BCUT2D eigenvalue weighted by Crippen LogP contribution is -2.17. The highest BCUT2D eigenvalue weighted by molar-refractivity contribution is 7.99. The third kappa shape index (κ3) is 5.95. The van der Waals surface area contributed by atoms with Gasteiger partial charge in [-0.15, -0.1) is 11.8 Å². The molecule has 0 bridgehead atoms. The third-order valence-corrected chi connectivity index (χ3v) is 5.05. The topological polar surface area (TPSA) is 73.2 Å². The first-order valence-corrected chi connectivity index (χ1v) is 9.31. The van der Waals surface area contributed by atoms with Crippen molar-refractivity contribution in [3.05, 3.63) is 46.1 Å². The molecular weight excluding hydrogens is 385 g/mol. The Morgan fingerprint density at radius 1 is 1.32 bits per heavy atom. The van der Waals surface area contributed by atoms with E-state index in [2.05, 4.69) is 15.2 Å². The highest BCUT2D eigenvalue weighted by Crippen LogP contribution is 2.26. The van der Waals surface area contributed by atoms with Crippen molar-refractivity contribution in [3.8, 4) is 0 Å². The molecule has 2 aromatic rings. The van der Waals surface area contributed by atoms with Gasteiger partial charge in [0.05, 0.1) is 35.6 Å². The Labute approximate surface area is 159 Å². The molecule has 0 spiro atoms. The van der Waals surface area contributed by atoms with Crippen LogP contribution < -0.4 is 5.32 Å². The summed E-state index contributed by atoms with van der Waals surface area (Å²) in [4.78, 5) is 23.0. The van der Waals surface area contributed by atoms with Gasteiger partial charge in [0.2, 0.25) is 5.91 Å². The first kappa shape index (κ1) is 19.6. The molecular formula is C16H17Cl2N3O3S. The number of amides is 1. The fraction of sp³-hybridized carbons (Fsp3) is 0.312. The highest BCUT2D eigenvalue weighted by atomic mass is 35.5. The van der Waals surface area contributed by atoms with Crippen molar-refractivity contribution in [3.63, 3.8) is 0 Å². The Hall–Kier alpha value is -1.70. The summed E-state index contributed by atoms with van der Waals surface area (Å²) in [6.45, 7) is 0.388. The number of thioether (sulfide) groups is 1. The molecule has 0 atom stereocenters. The summed E-state index contributed by atoms with van der Waals surface area (Å²) in [5, 5.41) is 7.94. The number of nitrogens with zero attached hydrogens (tertiary/aromatic N) is 2. The summed E-state index contributed by atoms with van der Waals surface area (Å²) < 4.78 is 6.18. The summed E-state index contributed by atoms with van der Waals surface area (Å²) in [5.74, 6) is 0.863. The average Bonchev–Trinajstić information content (AvgIpc) is 3.02. The van der Waals surface area contributed by atoms with Crippen LogP contribution in [-0.4, -0.2) is 40.3 Å². The summed E-state index contributed by atoms with van der Waals surface area (Å²) >= 11 is 13.6. The SMILES string of the molecule is COC(=O)CSCCC(=O)Nc1ccnn1Cc1cccc(Cl)c1Cl. The molecule has 0 aliphatic carbocycles. The maximum absolute atomic E-state index is 12.0. The van der Waals surface area contributed by atoms with Gasteiger partial charge in [-0.2, -0.15) is 5.10 Å². The second kappa shape index (κ2) is 9.70. The van der Waals surface area contributed by atoms with Gasteiger partial charge < -0.3 is 10.1 Å². The first-order valence-electron chi connectivity index (χ1n) is 7.40. The van der Waals surface area contributed by atoms with Crippen LogP contribution >= 0.6 is 35.0 Å². The molecule has 0 radical (unpaired) electrons. The van der Waals surface area contributed by atoms with Crippen LogP contribution in [0.1, 0.15) is 12.0 Å². The van der Waals surface area contributed by atoms with E-state index in [-0.39, 0.29) is 24.1 Å². The maximum atomic E-state index is 12.0. The molecule has 0 fully saturated rings. The van der Waals surface area contributed by atoms with E-state index in [0.29, 0.717) is 28.2 Å². The van der Waals surface area contributed by atoms with Gasteiger partial charge in [0.1, 0.15) is 5.82 Å². The molecule has 0 aliphatic heterocycles. The van der Waals surface area contributed by atoms with Crippen molar-refractivity contribution in [1.82, 2.24) is 9.78 Å². The van der Waals surface area contributed by atoms with E-state index < -0.39 is 0 Å². The van der Waals surface area contributed by atoms with Gasteiger partial charge in [0.15, 0.2) is 0 Å². The zero-order valence-corrected chi connectivity index (χ0v) is 15.8. The average molecular weight is 402 g/mol. The minimum Gasteiger partial charge on any atom is -0.468 e. The van der Waals surface area contributed by atoms with Crippen molar-refractivity contribution in [2.45, 2.75) is 13.0 Å².